The summed E-state index contributed by atoms with van der Waals surface area (Å²) in [6.07, 6.45) is 0. The van der Waals surface area contributed by atoms with Crippen molar-refractivity contribution in [2.75, 3.05) is 16.9 Å². The Morgan fingerprint density at radius 1 is 1.18 bits per heavy atom. The molecule has 0 bridgehead atoms. The van der Waals surface area contributed by atoms with E-state index in [9.17, 15) is 9.59 Å². The van der Waals surface area contributed by atoms with Crippen molar-refractivity contribution in [1.82, 2.24) is 9.88 Å². The summed E-state index contributed by atoms with van der Waals surface area (Å²) in [7, 11) is 0. The molecule has 1 aliphatic rings. The molecule has 1 fully saturated rings. The first-order valence-corrected chi connectivity index (χ1v) is 10.4. The summed E-state index contributed by atoms with van der Waals surface area (Å²) in [5, 5.41) is 4.84. The Hall–Kier alpha value is -2.57. The minimum Gasteiger partial charge on any atom is -0.324 e. The number of halogens is 1. The van der Waals surface area contributed by atoms with Crippen molar-refractivity contribution in [3.8, 4) is 0 Å². The number of thioether (sulfide) groups is 1. The third-order valence-corrected chi connectivity index (χ3v) is 5.94. The van der Waals surface area contributed by atoms with Crippen LogP contribution in [0.25, 0.3) is 10.8 Å². The van der Waals surface area contributed by atoms with E-state index in [2.05, 4.69) is 10.3 Å². The smallest absolute Gasteiger partial charge is 0.273 e. The summed E-state index contributed by atoms with van der Waals surface area (Å²) in [4.78, 5) is 31.7. The second-order valence-corrected chi connectivity index (χ2v) is 8.03. The molecular formula is C21H18ClN3O2S. The summed E-state index contributed by atoms with van der Waals surface area (Å²) in [5.74, 6) is 0.500. The molecule has 142 valence electrons. The first-order chi connectivity index (χ1) is 13.5. The quantitative estimate of drug-likeness (QED) is 0.651. The number of benzene rings is 2. The van der Waals surface area contributed by atoms with Crippen LogP contribution >= 0.6 is 23.4 Å². The van der Waals surface area contributed by atoms with Crippen LogP contribution in [0.1, 0.15) is 16.1 Å². The van der Waals surface area contributed by atoms with E-state index in [-0.39, 0.29) is 22.7 Å². The molecule has 1 atom stereocenters. The molecule has 0 spiro atoms. The number of rotatable bonds is 3. The van der Waals surface area contributed by atoms with Crippen molar-refractivity contribution in [2.24, 2.45) is 0 Å². The van der Waals surface area contributed by atoms with Gasteiger partial charge >= 0.3 is 0 Å². The topological polar surface area (TPSA) is 62.3 Å². The fourth-order valence-electron chi connectivity index (χ4n) is 3.22. The average molecular weight is 412 g/mol. The molecule has 2 heterocycles. The van der Waals surface area contributed by atoms with Crippen molar-refractivity contribution < 1.29 is 9.59 Å². The van der Waals surface area contributed by atoms with Crippen LogP contribution in [0.4, 0.5) is 5.69 Å². The van der Waals surface area contributed by atoms with Gasteiger partial charge in [-0.2, -0.15) is 0 Å². The van der Waals surface area contributed by atoms with Gasteiger partial charge in [0, 0.05) is 16.8 Å². The second kappa shape index (κ2) is 7.81. The third kappa shape index (κ3) is 3.70. The highest BCUT2D eigenvalue weighted by Crippen LogP contribution is 2.27. The van der Waals surface area contributed by atoms with Crippen LogP contribution in [-0.2, 0) is 4.79 Å². The van der Waals surface area contributed by atoms with E-state index in [1.807, 2.05) is 55.5 Å². The fourth-order valence-corrected chi connectivity index (χ4v) is 4.64. The molecule has 0 radical (unpaired) electrons. The van der Waals surface area contributed by atoms with Gasteiger partial charge in [0.05, 0.1) is 5.88 Å². The Bertz CT molecular complexity index is 1070. The monoisotopic (exact) mass is 411 g/mol. The van der Waals surface area contributed by atoms with Gasteiger partial charge in [-0.15, -0.1) is 11.8 Å². The molecule has 1 aliphatic heterocycles. The van der Waals surface area contributed by atoms with Crippen molar-refractivity contribution in [3.63, 3.8) is 0 Å². The van der Waals surface area contributed by atoms with Gasteiger partial charge in [0.15, 0.2) is 0 Å². The predicted octanol–water partition coefficient (Wildman–Crippen LogP) is 4.35. The lowest BCUT2D eigenvalue weighted by Gasteiger charge is -2.23. The van der Waals surface area contributed by atoms with Crippen molar-refractivity contribution in [2.45, 2.75) is 13.0 Å². The SMILES string of the molecule is Cc1cccc(NC(=O)C2CSCN2C(=O)c2cc3ccccc3c(Cl)n2)c1. The van der Waals surface area contributed by atoms with Crippen molar-refractivity contribution in [1.29, 1.82) is 0 Å². The van der Waals surface area contributed by atoms with Gasteiger partial charge in [-0.05, 0) is 36.1 Å². The van der Waals surface area contributed by atoms with Crippen LogP contribution in [0.2, 0.25) is 5.15 Å². The van der Waals surface area contributed by atoms with Crippen molar-refractivity contribution in [3.05, 3.63) is 71.0 Å². The molecule has 0 aliphatic carbocycles. The van der Waals surface area contributed by atoms with E-state index < -0.39 is 6.04 Å². The van der Waals surface area contributed by atoms with E-state index in [4.69, 9.17) is 11.6 Å². The number of anilines is 1. The number of amides is 2. The van der Waals surface area contributed by atoms with Crippen LogP contribution in [-0.4, -0.2) is 39.4 Å². The highest BCUT2D eigenvalue weighted by molar-refractivity contribution is 7.99. The van der Waals surface area contributed by atoms with E-state index in [0.29, 0.717) is 11.6 Å². The van der Waals surface area contributed by atoms with Gasteiger partial charge in [0.2, 0.25) is 5.91 Å². The normalized spacial score (nSPS) is 16.4. The van der Waals surface area contributed by atoms with E-state index in [1.165, 1.54) is 0 Å². The standard InChI is InChI=1S/C21H18ClN3O2S/c1-13-5-4-7-15(9-13)23-20(26)18-11-28-12-25(18)21(27)17-10-14-6-2-3-8-16(14)19(22)24-17/h2-10,18H,11-12H2,1H3,(H,23,26). The number of pyridine rings is 1. The maximum absolute atomic E-state index is 13.1. The molecule has 0 saturated carbocycles. The summed E-state index contributed by atoms with van der Waals surface area (Å²) in [6, 6.07) is 16.3. The number of nitrogens with one attached hydrogen (secondary N) is 1. The van der Waals surface area contributed by atoms with Crippen LogP contribution in [0.15, 0.2) is 54.6 Å². The number of fused-ring (bicyclic) bond motifs is 1. The number of hydrogen-bond donors (Lipinski definition) is 1. The fraction of sp³-hybridized carbons (Fsp3) is 0.190. The minimum atomic E-state index is -0.551. The Labute approximate surface area is 172 Å². The lowest BCUT2D eigenvalue weighted by Crippen LogP contribution is -2.44. The molecule has 2 aromatic carbocycles. The summed E-state index contributed by atoms with van der Waals surface area (Å²) < 4.78 is 0. The Morgan fingerprint density at radius 2 is 2.00 bits per heavy atom. The Morgan fingerprint density at radius 3 is 2.82 bits per heavy atom. The lowest BCUT2D eigenvalue weighted by atomic mass is 10.1. The number of aryl methyl sites for hydroxylation is 1. The molecule has 5 nitrogen and oxygen atoms in total. The molecule has 1 aromatic heterocycles. The van der Waals surface area contributed by atoms with Gasteiger partial charge in [0.1, 0.15) is 16.9 Å². The molecule has 1 saturated heterocycles. The predicted molar refractivity (Wildman–Crippen MR) is 114 cm³/mol. The van der Waals surface area contributed by atoms with E-state index >= 15 is 0 Å². The lowest BCUT2D eigenvalue weighted by molar-refractivity contribution is -0.119. The average Bonchev–Trinajstić information content (AvgIpc) is 3.17. The van der Waals surface area contributed by atoms with E-state index in [1.54, 1.807) is 22.7 Å². The Kier molecular flexibility index (Phi) is 5.24. The molecule has 2 amide bonds. The number of carbonyl (C=O) groups excluding carboxylic acids is 2. The number of aromatic nitrogens is 1. The first-order valence-electron chi connectivity index (χ1n) is 8.84. The molecular weight excluding hydrogens is 394 g/mol. The highest BCUT2D eigenvalue weighted by Gasteiger charge is 2.36. The number of nitrogens with zero attached hydrogens (tertiary/aromatic N) is 2. The molecule has 28 heavy (non-hydrogen) atoms. The van der Waals surface area contributed by atoms with E-state index in [0.717, 1.165) is 22.0 Å². The van der Waals surface area contributed by atoms with Crippen LogP contribution in [0, 0.1) is 6.92 Å². The maximum Gasteiger partial charge on any atom is 0.273 e. The number of carbonyl (C=O) groups is 2. The van der Waals surface area contributed by atoms with Gasteiger partial charge in [0.25, 0.3) is 5.91 Å². The minimum absolute atomic E-state index is 0.198. The van der Waals surface area contributed by atoms with Crippen molar-refractivity contribution >= 4 is 51.6 Å². The molecule has 1 unspecified atom stereocenters. The zero-order chi connectivity index (χ0) is 19.7. The Balaban J connectivity index is 1.57. The third-order valence-electron chi connectivity index (χ3n) is 4.64. The number of hydrogen-bond acceptors (Lipinski definition) is 4. The zero-order valence-electron chi connectivity index (χ0n) is 15.2. The van der Waals surface area contributed by atoms with Crippen LogP contribution < -0.4 is 5.32 Å². The summed E-state index contributed by atoms with van der Waals surface area (Å²) in [6.45, 7) is 1.96. The van der Waals surface area contributed by atoms with Gasteiger partial charge in [-0.25, -0.2) is 4.98 Å². The largest absolute Gasteiger partial charge is 0.324 e. The molecule has 7 heteroatoms. The molecule has 4 rings (SSSR count). The maximum atomic E-state index is 13.1. The summed E-state index contributed by atoms with van der Waals surface area (Å²) in [5.41, 5.74) is 2.03. The summed E-state index contributed by atoms with van der Waals surface area (Å²) >= 11 is 7.81. The van der Waals surface area contributed by atoms with Gasteiger partial charge in [-0.1, -0.05) is 48.0 Å². The van der Waals surface area contributed by atoms with Gasteiger partial charge in [-0.3, -0.25) is 9.59 Å². The zero-order valence-corrected chi connectivity index (χ0v) is 16.8. The second-order valence-electron chi connectivity index (χ2n) is 6.67. The van der Waals surface area contributed by atoms with Crippen LogP contribution in [0.3, 0.4) is 0 Å². The van der Waals surface area contributed by atoms with Crippen LogP contribution in [0.5, 0.6) is 0 Å². The van der Waals surface area contributed by atoms with Gasteiger partial charge < -0.3 is 10.2 Å². The highest BCUT2D eigenvalue weighted by atomic mass is 35.5. The molecule has 3 aromatic rings. The first kappa shape index (κ1) is 18.8. The molecule has 1 N–H and O–H groups in total.